The summed E-state index contributed by atoms with van der Waals surface area (Å²) in [6, 6.07) is 39.5. The molecule has 0 saturated heterocycles. The van der Waals surface area contributed by atoms with E-state index in [4.69, 9.17) is 11.4 Å². The van der Waals surface area contributed by atoms with Crippen molar-refractivity contribution in [2.45, 2.75) is 19.8 Å². The molecule has 0 amide bonds. The molecule has 0 spiro atoms. The summed E-state index contributed by atoms with van der Waals surface area (Å²) in [5, 5.41) is 7.69. The lowest BCUT2D eigenvalue weighted by molar-refractivity contribution is 1.24. The van der Waals surface area contributed by atoms with Crippen LogP contribution >= 0.6 is 0 Å². The van der Waals surface area contributed by atoms with Gasteiger partial charge in [0, 0.05) is 18.8 Å². The van der Waals surface area contributed by atoms with Crippen molar-refractivity contribution in [2.75, 3.05) is 0 Å². The molecule has 2 heteroatoms. The first-order valence-electron chi connectivity index (χ1n) is 15.3. The van der Waals surface area contributed by atoms with Crippen LogP contribution in [0.15, 0.2) is 155 Å². The zero-order valence-corrected chi connectivity index (χ0v) is 25.2. The second kappa shape index (κ2) is 12.4. The van der Waals surface area contributed by atoms with Gasteiger partial charge in [-0.15, -0.1) is 6.42 Å². The van der Waals surface area contributed by atoms with E-state index >= 15 is 0 Å². The SMILES string of the molecule is C#C/C=C(\C=C/Cc1cc(-c2ccc3c4ccccc4c4ccccc4c3c2)cc2c1N=C(c1ccccc1)C2)/C=C/N=CC. The Balaban J connectivity index is 1.34. The summed E-state index contributed by atoms with van der Waals surface area (Å²) >= 11 is 0. The Kier molecular flexibility index (Phi) is 7.75. The minimum Gasteiger partial charge on any atom is -0.269 e. The van der Waals surface area contributed by atoms with Crippen LogP contribution in [-0.2, 0) is 12.8 Å². The Morgan fingerprint density at radius 3 is 2.09 bits per heavy atom. The average molecular weight is 577 g/mol. The van der Waals surface area contributed by atoms with E-state index in [0.29, 0.717) is 0 Å². The fourth-order valence-electron chi connectivity index (χ4n) is 6.39. The summed E-state index contributed by atoms with van der Waals surface area (Å²) in [5.41, 5.74) is 9.15. The van der Waals surface area contributed by atoms with Crippen molar-refractivity contribution in [3.05, 3.63) is 162 Å². The molecule has 6 aromatic rings. The molecule has 0 aliphatic carbocycles. The molecule has 0 bridgehead atoms. The first-order chi connectivity index (χ1) is 22.2. The number of hydrogen-bond donors (Lipinski definition) is 0. The minimum absolute atomic E-state index is 0.732. The topological polar surface area (TPSA) is 24.7 Å². The monoisotopic (exact) mass is 576 g/mol. The summed E-state index contributed by atoms with van der Waals surface area (Å²) in [5.74, 6) is 2.64. The maximum Gasteiger partial charge on any atom is 0.0704 e. The number of aliphatic imine (C=N–C) groups is 2. The zero-order valence-electron chi connectivity index (χ0n) is 25.2. The maximum absolute atomic E-state index is 5.60. The molecule has 45 heavy (non-hydrogen) atoms. The lowest BCUT2D eigenvalue weighted by atomic mass is 9.90. The van der Waals surface area contributed by atoms with Crippen molar-refractivity contribution in [2.24, 2.45) is 9.98 Å². The van der Waals surface area contributed by atoms with Crippen molar-refractivity contribution in [1.82, 2.24) is 0 Å². The molecule has 1 heterocycles. The molecule has 0 saturated carbocycles. The maximum atomic E-state index is 5.60. The Hall–Kier alpha value is -5.78. The lowest BCUT2D eigenvalue weighted by Gasteiger charge is -2.14. The van der Waals surface area contributed by atoms with Gasteiger partial charge in [0.15, 0.2) is 0 Å². The number of nitrogens with zero attached hydrogens (tertiary/aromatic N) is 2. The second-order valence-electron chi connectivity index (χ2n) is 11.2. The van der Waals surface area contributed by atoms with E-state index in [0.717, 1.165) is 29.8 Å². The van der Waals surface area contributed by atoms with Crippen LogP contribution in [0, 0.1) is 12.3 Å². The Morgan fingerprint density at radius 2 is 1.40 bits per heavy atom. The van der Waals surface area contributed by atoms with Gasteiger partial charge < -0.3 is 0 Å². The van der Waals surface area contributed by atoms with Gasteiger partial charge in [0.05, 0.1) is 11.4 Å². The summed E-state index contributed by atoms with van der Waals surface area (Å²) < 4.78 is 0. The molecular weight excluding hydrogens is 544 g/mol. The van der Waals surface area contributed by atoms with Crippen molar-refractivity contribution < 1.29 is 0 Å². The van der Waals surface area contributed by atoms with E-state index < -0.39 is 0 Å². The van der Waals surface area contributed by atoms with Crippen LogP contribution < -0.4 is 0 Å². The van der Waals surface area contributed by atoms with Crippen LogP contribution in [0.1, 0.15) is 23.6 Å². The van der Waals surface area contributed by atoms with Gasteiger partial charge in [-0.05, 0) is 109 Å². The van der Waals surface area contributed by atoms with Crippen LogP contribution in [-0.4, -0.2) is 11.9 Å². The summed E-state index contributed by atoms with van der Waals surface area (Å²) in [4.78, 5) is 9.36. The lowest BCUT2D eigenvalue weighted by Crippen LogP contribution is -1.99. The first-order valence-corrected chi connectivity index (χ1v) is 15.3. The van der Waals surface area contributed by atoms with Crippen molar-refractivity contribution in [3.8, 4) is 23.5 Å². The molecule has 0 radical (unpaired) electrons. The fourth-order valence-corrected chi connectivity index (χ4v) is 6.39. The molecule has 0 N–H and O–H groups in total. The third kappa shape index (κ3) is 5.53. The quantitative estimate of drug-likeness (QED) is 0.0782. The molecule has 6 aromatic carbocycles. The highest BCUT2D eigenvalue weighted by atomic mass is 14.8. The predicted molar refractivity (Wildman–Crippen MR) is 194 cm³/mol. The van der Waals surface area contributed by atoms with Crippen LogP contribution in [0.2, 0.25) is 0 Å². The molecule has 2 nitrogen and oxygen atoms in total. The largest absolute Gasteiger partial charge is 0.269 e. The van der Waals surface area contributed by atoms with Crippen LogP contribution in [0.5, 0.6) is 0 Å². The minimum atomic E-state index is 0.732. The third-order valence-corrected chi connectivity index (χ3v) is 8.46. The first kappa shape index (κ1) is 28.0. The average Bonchev–Trinajstić information content (AvgIpc) is 3.53. The molecule has 1 aliphatic heterocycles. The van der Waals surface area contributed by atoms with E-state index in [2.05, 4.69) is 132 Å². The Morgan fingerprint density at radius 1 is 0.733 bits per heavy atom. The summed E-state index contributed by atoms with van der Waals surface area (Å²) in [6.07, 6.45) is 18.6. The molecule has 214 valence electrons. The van der Waals surface area contributed by atoms with Crippen molar-refractivity contribution in [1.29, 1.82) is 0 Å². The highest BCUT2D eigenvalue weighted by Crippen LogP contribution is 2.40. The zero-order chi connectivity index (χ0) is 30.6. The van der Waals surface area contributed by atoms with Crippen LogP contribution in [0.25, 0.3) is 43.4 Å². The number of fused-ring (bicyclic) bond motifs is 7. The highest BCUT2D eigenvalue weighted by molar-refractivity contribution is 6.25. The third-order valence-electron chi connectivity index (χ3n) is 8.46. The highest BCUT2D eigenvalue weighted by Gasteiger charge is 2.20. The Bertz CT molecular complexity index is 2240. The Labute approximate surface area is 264 Å². The van der Waals surface area contributed by atoms with Gasteiger partial charge in [-0.25, -0.2) is 0 Å². The van der Waals surface area contributed by atoms with Gasteiger partial charge in [0.1, 0.15) is 0 Å². The number of benzene rings is 6. The van der Waals surface area contributed by atoms with Crippen molar-refractivity contribution >= 4 is 49.9 Å². The molecular formula is C43H32N2. The van der Waals surface area contributed by atoms with E-state index in [1.807, 2.05) is 13.0 Å². The number of hydrogen-bond acceptors (Lipinski definition) is 2. The number of rotatable bonds is 7. The molecule has 7 rings (SSSR count). The molecule has 0 fully saturated rings. The van der Waals surface area contributed by atoms with Gasteiger partial charge in [-0.3, -0.25) is 9.98 Å². The molecule has 0 aromatic heterocycles. The number of allylic oxidation sites excluding steroid dienone is 5. The second-order valence-corrected chi connectivity index (χ2v) is 11.2. The van der Waals surface area contributed by atoms with E-state index in [9.17, 15) is 0 Å². The number of terminal acetylenes is 1. The summed E-state index contributed by atoms with van der Waals surface area (Å²) in [6.45, 7) is 1.89. The normalized spacial score (nSPS) is 13.4. The van der Waals surface area contributed by atoms with E-state index in [1.165, 1.54) is 60.1 Å². The van der Waals surface area contributed by atoms with Gasteiger partial charge >= 0.3 is 0 Å². The standard InChI is InChI=1S/C43H32N2/c1-3-13-30(24-25-44-4-2)14-12-17-33-26-34(27-35-29-42(45-43(33)35)31-15-6-5-7-16-31)32-22-23-40-38-20-9-8-18-36(38)37-19-10-11-21-39(37)41(40)28-32/h1,4-16,18-28H,17,29H2,2H3/b14-12-,25-24+,30-13+,44-4?. The smallest absolute Gasteiger partial charge is 0.0704 e. The van der Waals surface area contributed by atoms with Gasteiger partial charge in [-0.2, -0.15) is 0 Å². The fraction of sp³-hybridized carbons (Fsp3) is 0.0698. The van der Waals surface area contributed by atoms with E-state index in [1.54, 1.807) is 18.5 Å². The van der Waals surface area contributed by atoms with E-state index in [-0.39, 0.29) is 0 Å². The predicted octanol–water partition coefficient (Wildman–Crippen LogP) is 10.8. The van der Waals surface area contributed by atoms with Gasteiger partial charge in [-0.1, -0.05) is 109 Å². The van der Waals surface area contributed by atoms with Gasteiger partial charge in [0.25, 0.3) is 0 Å². The van der Waals surface area contributed by atoms with Crippen LogP contribution in [0.3, 0.4) is 0 Å². The molecule has 0 atom stereocenters. The van der Waals surface area contributed by atoms with Crippen molar-refractivity contribution in [3.63, 3.8) is 0 Å². The summed E-state index contributed by atoms with van der Waals surface area (Å²) in [7, 11) is 0. The molecule has 0 unspecified atom stereocenters. The van der Waals surface area contributed by atoms with Crippen LogP contribution in [0.4, 0.5) is 5.69 Å². The van der Waals surface area contributed by atoms with Gasteiger partial charge in [0.2, 0.25) is 0 Å². The molecule has 1 aliphatic rings.